The second-order valence-corrected chi connectivity index (χ2v) is 5.58. The van der Waals surface area contributed by atoms with Gasteiger partial charge in [-0.1, -0.05) is 24.3 Å². The Morgan fingerprint density at radius 1 is 1.45 bits per heavy atom. The van der Waals surface area contributed by atoms with E-state index in [0.29, 0.717) is 0 Å². The Morgan fingerprint density at radius 3 is 2.85 bits per heavy atom. The standard InChI is InChI=1S/C16H24N2O.ClH/c1-12-6-3-4-7-14(12)10-13(2)18-16(19)15-8-5-9-17-11-15;/h3-4,6-7,13,15,17H,5,8-11H2,1-2H3,(H,18,19);1H/t13?,15-;/m1./s1. The van der Waals surface area contributed by atoms with E-state index in [-0.39, 0.29) is 30.3 Å². The Bertz CT molecular complexity index is 430. The fourth-order valence-corrected chi connectivity index (χ4v) is 2.66. The summed E-state index contributed by atoms with van der Waals surface area (Å²) in [5.41, 5.74) is 2.61. The van der Waals surface area contributed by atoms with Gasteiger partial charge in [0.1, 0.15) is 0 Å². The normalized spacial score (nSPS) is 19.8. The third kappa shape index (κ3) is 4.80. The molecule has 1 saturated heterocycles. The fourth-order valence-electron chi connectivity index (χ4n) is 2.66. The first kappa shape index (κ1) is 17.0. The number of halogens is 1. The highest BCUT2D eigenvalue weighted by Gasteiger charge is 2.22. The number of amides is 1. The minimum absolute atomic E-state index is 0. The average Bonchev–Trinajstić information content (AvgIpc) is 2.42. The van der Waals surface area contributed by atoms with Crippen molar-refractivity contribution in [2.24, 2.45) is 5.92 Å². The zero-order valence-electron chi connectivity index (χ0n) is 12.3. The van der Waals surface area contributed by atoms with Gasteiger partial charge in [-0.15, -0.1) is 12.4 Å². The average molecular weight is 297 g/mol. The van der Waals surface area contributed by atoms with Crippen molar-refractivity contribution in [2.45, 2.75) is 39.2 Å². The summed E-state index contributed by atoms with van der Waals surface area (Å²) in [6.07, 6.45) is 3.01. The molecule has 1 aromatic carbocycles. The summed E-state index contributed by atoms with van der Waals surface area (Å²) >= 11 is 0. The van der Waals surface area contributed by atoms with Gasteiger partial charge in [0.2, 0.25) is 5.91 Å². The predicted octanol–water partition coefficient (Wildman–Crippen LogP) is 2.46. The Morgan fingerprint density at radius 2 is 2.20 bits per heavy atom. The molecule has 3 nitrogen and oxygen atoms in total. The van der Waals surface area contributed by atoms with Crippen molar-refractivity contribution in [1.82, 2.24) is 10.6 Å². The molecule has 112 valence electrons. The van der Waals surface area contributed by atoms with Gasteiger partial charge in [-0.25, -0.2) is 0 Å². The number of nitrogens with one attached hydrogen (secondary N) is 2. The molecule has 0 bridgehead atoms. The summed E-state index contributed by atoms with van der Waals surface area (Å²) in [6, 6.07) is 8.56. The summed E-state index contributed by atoms with van der Waals surface area (Å²) in [6.45, 7) is 6.07. The summed E-state index contributed by atoms with van der Waals surface area (Å²) in [5.74, 6) is 0.348. The van der Waals surface area contributed by atoms with Crippen molar-refractivity contribution in [3.63, 3.8) is 0 Å². The SMILES string of the molecule is Cc1ccccc1CC(C)NC(=O)[C@@H]1CCCNC1.Cl. The molecule has 20 heavy (non-hydrogen) atoms. The Balaban J connectivity index is 0.00000200. The highest BCUT2D eigenvalue weighted by atomic mass is 35.5. The number of carbonyl (C=O) groups is 1. The van der Waals surface area contributed by atoms with E-state index in [1.807, 2.05) is 0 Å². The molecule has 1 unspecified atom stereocenters. The van der Waals surface area contributed by atoms with Crippen LogP contribution in [0.15, 0.2) is 24.3 Å². The van der Waals surface area contributed by atoms with E-state index < -0.39 is 0 Å². The number of hydrogen-bond donors (Lipinski definition) is 2. The van der Waals surface area contributed by atoms with Crippen LogP contribution in [0.1, 0.15) is 30.9 Å². The first-order valence-electron chi connectivity index (χ1n) is 7.22. The zero-order chi connectivity index (χ0) is 13.7. The lowest BCUT2D eigenvalue weighted by Gasteiger charge is -2.24. The molecule has 0 radical (unpaired) electrons. The van der Waals surface area contributed by atoms with Crippen molar-refractivity contribution in [3.05, 3.63) is 35.4 Å². The molecule has 1 aliphatic rings. The van der Waals surface area contributed by atoms with Crippen molar-refractivity contribution < 1.29 is 4.79 Å². The van der Waals surface area contributed by atoms with Gasteiger partial charge in [0.25, 0.3) is 0 Å². The molecular formula is C16H25ClN2O. The fraction of sp³-hybridized carbons (Fsp3) is 0.562. The van der Waals surface area contributed by atoms with Crippen LogP contribution in [0.2, 0.25) is 0 Å². The molecule has 0 spiro atoms. The van der Waals surface area contributed by atoms with E-state index in [1.165, 1.54) is 11.1 Å². The highest BCUT2D eigenvalue weighted by Crippen LogP contribution is 2.12. The lowest BCUT2D eigenvalue weighted by Crippen LogP contribution is -2.44. The highest BCUT2D eigenvalue weighted by molar-refractivity contribution is 5.85. The smallest absolute Gasteiger partial charge is 0.224 e. The maximum Gasteiger partial charge on any atom is 0.224 e. The lowest BCUT2D eigenvalue weighted by atomic mass is 9.97. The van der Waals surface area contributed by atoms with Crippen molar-refractivity contribution in [3.8, 4) is 0 Å². The monoisotopic (exact) mass is 296 g/mol. The van der Waals surface area contributed by atoms with Gasteiger partial charge >= 0.3 is 0 Å². The molecular weight excluding hydrogens is 272 g/mol. The van der Waals surface area contributed by atoms with Crippen LogP contribution >= 0.6 is 12.4 Å². The Hall–Kier alpha value is -1.06. The van der Waals surface area contributed by atoms with Gasteiger partial charge in [0.05, 0.1) is 5.92 Å². The second kappa shape index (κ2) is 8.28. The van der Waals surface area contributed by atoms with Gasteiger partial charge < -0.3 is 10.6 Å². The molecule has 1 amide bonds. The first-order valence-corrected chi connectivity index (χ1v) is 7.22. The first-order chi connectivity index (χ1) is 9.16. The van der Waals surface area contributed by atoms with E-state index in [2.05, 4.69) is 48.7 Å². The number of hydrogen-bond acceptors (Lipinski definition) is 2. The van der Waals surface area contributed by atoms with Crippen LogP contribution in [-0.4, -0.2) is 25.0 Å². The number of carbonyl (C=O) groups excluding carboxylic acids is 1. The van der Waals surface area contributed by atoms with E-state index in [1.54, 1.807) is 0 Å². The topological polar surface area (TPSA) is 41.1 Å². The summed E-state index contributed by atoms with van der Waals surface area (Å²) < 4.78 is 0. The number of benzene rings is 1. The lowest BCUT2D eigenvalue weighted by molar-refractivity contribution is -0.126. The zero-order valence-corrected chi connectivity index (χ0v) is 13.1. The summed E-state index contributed by atoms with van der Waals surface area (Å²) in [4.78, 5) is 12.1. The Kier molecular flexibility index (Phi) is 7.03. The molecule has 1 aliphatic heterocycles. The van der Waals surface area contributed by atoms with E-state index in [0.717, 1.165) is 32.4 Å². The number of piperidine rings is 1. The predicted molar refractivity (Wildman–Crippen MR) is 85.3 cm³/mol. The quantitative estimate of drug-likeness (QED) is 0.896. The van der Waals surface area contributed by atoms with E-state index in [4.69, 9.17) is 0 Å². The number of rotatable bonds is 4. The number of aryl methyl sites for hydroxylation is 1. The maximum absolute atomic E-state index is 12.1. The third-order valence-electron chi connectivity index (χ3n) is 3.84. The minimum atomic E-state index is 0. The molecule has 0 aliphatic carbocycles. The van der Waals surface area contributed by atoms with Gasteiger partial charge in [-0.2, -0.15) is 0 Å². The summed E-state index contributed by atoms with van der Waals surface area (Å²) in [7, 11) is 0. The largest absolute Gasteiger partial charge is 0.353 e. The van der Waals surface area contributed by atoms with Crippen molar-refractivity contribution in [2.75, 3.05) is 13.1 Å². The van der Waals surface area contributed by atoms with Crippen LogP contribution in [0.5, 0.6) is 0 Å². The van der Waals surface area contributed by atoms with Crippen LogP contribution in [-0.2, 0) is 11.2 Å². The minimum Gasteiger partial charge on any atom is -0.353 e. The van der Waals surface area contributed by atoms with Gasteiger partial charge in [0, 0.05) is 12.6 Å². The molecule has 2 rings (SSSR count). The molecule has 2 N–H and O–H groups in total. The molecule has 1 heterocycles. The maximum atomic E-state index is 12.1. The van der Waals surface area contributed by atoms with Crippen LogP contribution < -0.4 is 10.6 Å². The van der Waals surface area contributed by atoms with Crippen LogP contribution in [0.25, 0.3) is 0 Å². The van der Waals surface area contributed by atoms with E-state index in [9.17, 15) is 4.79 Å². The van der Waals surface area contributed by atoms with Gasteiger partial charge in [0.15, 0.2) is 0 Å². The molecule has 4 heteroatoms. The third-order valence-corrected chi connectivity index (χ3v) is 3.84. The van der Waals surface area contributed by atoms with Crippen LogP contribution in [0.3, 0.4) is 0 Å². The molecule has 1 aromatic rings. The van der Waals surface area contributed by atoms with E-state index >= 15 is 0 Å². The van der Waals surface area contributed by atoms with Crippen LogP contribution in [0.4, 0.5) is 0 Å². The molecule has 0 saturated carbocycles. The molecule has 2 atom stereocenters. The van der Waals surface area contributed by atoms with Crippen molar-refractivity contribution >= 4 is 18.3 Å². The molecule has 1 fully saturated rings. The van der Waals surface area contributed by atoms with Gasteiger partial charge in [-0.05, 0) is 50.8 Å². The molecule has 0 aromatic heterocycles. The van der Waals surface area contributed by atoms with Crippen LogP contribution in [0, 0.1) is 12.8 Å². The summed E-state index contributed by atoms with van der Waals surface area (Å²) in [5, 5.41) is 6.43. The Labute approximate surface area is 127 Å². The second-order valence-electron chi connectivity index (χ2n) is 5.58. The van der Waals surface area contributed by atoms with Gasteiger partial charge in [-0.3, -0.25) is 4.79 Å². The van der Waals surface area contributed by atoms with Crippen molar-refractivity contribution in [1.29, 1.82) is 0 Å².